The molecule has 0 spiro atoms. The minimum Gasteiger partial charge on any atom is -0.350 e. The second-order valence-corrected chi connectivity index (χ2v) is 5.06. The molecule has 0 radical (unpaired) electrons. The van der Waals surface area contributed by atoms with Gasteiger partial charge in [0.15, 0.2) is 0 Å². The molecule has 0 aromatic carbocycles. The molecule has 0 aromatic rings. The number of carbonyl (C=O) groups is 1. The number of nitrogens with one attached hydrogen (secondary N) is 1. The zero-order valence-corrected chi connectivity index (χ0v) is 9.37. The first kappa shape index (κ1) is 10.2. The van der Waals surface area contributed by atoms with E-state index in [4.69, 9.17) is 5.73 Å². The number of hydrazone groups is 1. The van der Waals surface area contributed by atoms with Gasteiger partial charge >= 0.3 is 6.03 Å². The molecule has 0 heterocycles. The van der Waals surface area contributed by atoms with Crippen molar-refractivity contribution in [3.05, 3.63) is 11.6 Å². The first-order valence-electron chi connectivity index (χ1n) is 5.24. The Morgan fingerprint density at radius 1 is 1.60 bits per heavy atom. The van der Waals surface area contributed by atoms with Crippen molar-refractivity contribution in [1.29, 1.82) is 0 Å². The van der Waals surface area contributed by atoms with Gasteiger partial charge in [0, 0.05) is 5.92 Å². The smallest absolute Gasteiger partial charge is 0.332 e. The molecule has 15 heavy (non-hydrogen) atoms. The Kier molecular flexibility index (Phi) is 2.10. The fourth-order valence-electron chi connectivity index (χ4n) is 2.86. The highest BCUT2D eigenvalue weighted by Crippen LogP contribution is 2.57. The van der Waals surface area contributed by atoms with E-state index >= 15 is 0 Å². The molecule has 3 aliphatic rings. The zero-order chi connectivity index (χ0) is 11.2. The molecule has 3 aliphatic carbocycles. The van der Waals surface area contributed by atoms with E-state index in [1.807, 2.05) is 0 Å². The molecule has 0 aliphatic heterocycles. The zero-order valence-electron chi connectivity index (χ0n) is 9.37. The van der Waals surface area contributed by atoms with Crippen LogP contribution in [0.4, 0.5) is 4.79 Å². The Labute approximate surface area is 89.6 Å². The number of hydrogen-bond acceptors (Lipinski definition) is 2. The van der Waals surface area contributed by atoms with E-state index in [9.17, 15) is 4.79 Å². The van der Waals surface area contributed by atoms with E-state index in [-0.39, 0.29) is 5.41 Å². The third kappa shape index (κ3) is 1.44. The summed E-state index contributed by atoms with van der Waals surface area (Å²) in [5.41, 5.74) is 9.89. The minimum absolute atomic E-state index is 0.275. The summed E-state index contributed by atoms with van der Waals surface area (Å²) in [5, 5.41) is 4.06. The molecule has 3 N–H and O–H groups in total. The van der Waals surface area contributed by atoms with Crippen molar-refractivity contribution in [2.24, 2.45) is 28.1 Å². The summed E-state index contributed by atoms with van der Waals surface area (Å²) >= 11 is 0. The van der Waals surface area contributed by atoms with Gasteiger partial charge in [-0.2, -0.15) is 5.10 Å². The van der Waals surface area contributed by atoms with E-state index in [1.165, 1.54) is 5.57 Å². The maximum atomic E-state index is 10.6. The first-order chi connectivity index (χ1) is 6.93. The Morgan fingerprint density at radius 3 is 2.73 bits per heavy atom. The predicted octanol–water partition coefficient (Wildman–Crippen LogP) is 1.63. The van der Waals surface area contributed by atoms with Gasteiger partial charge < -0.3 is 5.73 Å². The lowest BCUT2D eigenvalue weighted by Gasteiger charge is -2.56. The monoisotopic (exact) mass is 207 g/mol. The van der Waals surface area contributed by atoms with Gasteiger partial charge in [-0.1, -0.05) is 19.4 Å². The normalized spacial score (nSPS) is 34.3. The standard InChI is InChI=1S/C11H17N3O/c1-6-4-9(13-14-10(12)15)8-5-7(6)11(8,2)3/h4,7-8H,5H2,1-3H3,(H3,12,14,15)/b13-9-/t7-,8-/m1/s1. The molecule has 0 aromatic heterocycles. The lowest BCUT2D eigenvalue weighted by atomic mass is 9.48. The fourth-order valence-corrected chi connectivity index (χ4v) is 2.86. The van der Waals surface area contributed by atoms with Crippen molar-refractivity contribution in [2.75, 3.05) is 0 Å². The summed E-state index contributed by atoms with van der Waals surface area (Å²) in [6, 6.07) is -0.604. The number of amides is 2. The third-order valence-electron chi connectivity index (χ3n) is 3.85. The molecule has 0 unspecified atom stereocenters. The largest absolute Gasteiger partial charge is 0.350 e. The highest BCUT2D eigenvalue weighted by Gasteiger charge is 2.53. The molecule has 2 amide bonds. The van der Waals surface area contributed by atoms with E-state index in [1.54, 1.807) is 0 Å². The second-order valence-electron chi connectivity index (χ2n) is 5.06. The van der Waals surface area contributed by atoms with Gasteiger partial charge in [0.2, 0.25) is 0 Å². The van der Waals surface area contributed by atoms with Gasteiger partial charge in [-0.15, -0.1) is 0 Å². The lowest BCUT2D eigenvalue weighted by Crippen LogP contribution is -2.52. The molecule has 1 fully saturated rings. The molecule has 0 saturated heterocycles. The first-order valence-corrected chi connectivity index (χ1v) is 5.24. The van der Waals surface area contributed by atoms with Gasteiger partial charge in [-0.25, -0.2) is 10.2 Å². The average Bonchev–Trinajstić information content (AvgIpc) is 2.13. The van der Waals surface area contributed by atoms with Crippen molar-refractivity contribution >= 4 is 11.7 Å². The Morgan fingerprint density at radius 2 is 2.27 bits per heavy atom. The van der Waals surface area contributed by atoms with E-state index in [0.29, 0.717) is 11.8 Å². The van der Waals surface area contributed by atoms with E-state index < -0.39 is 6.03 Å². The maximum Gasteiger partial charge on any atom is 0.332 e. The quantitative estimate of drug-likeness (QED) is 0.630. The Bertz CT molecular complexity index is 368. The molecule has 82 valence electrons. The molecular weight excluding hydrogens is 190 g/mol. The molecule has 3 rings (SSSR count). The predicted molar refractivity (Wildman–Crippen MR) is 59.3 cm³/mol. The molecule has 2 atom stereocenters. The number of fused-ring (bicyclic) bond motifs is 1. The average molecular weight is 207 g/mol. The van der Waals surface area contributed by atoms with Gasteiger partial charge in [-0.3, -0.25) is 0 Å². The van der Waals surface area contributed by atoms with Crippen LogP contribution in [0.5, 0.6) is 0 Å². The van der Waals surface area contributed by atoms with Crippen LogP contribution >= 0.6 is 0 Å². The minimum atomic E-state index is -0.604. The number of hydrogen-bond donors (Lipinski definition) is 2. The number of carbonyl (C=O) groups excluding carboxylic acids is 1. The molecule has 4 heteroatoms. The van der Waals surface area contributed by atoms with Crippen LogP contribution in [0.3, 0.4) is 0 Å². The van der Waals surface area contributed by atoms with Crippen LogP contribution < -0.4 is 11.2 Å². The topological polar surface area (TPSA) is 67.5 Å². The third-order valence-corrected chi connectivity index (χ3v) is 3.85. The molecular formula is C11H17N3O. The number of rotatable bonds is 1. The fraction of sp³-hybridized carbons (Fsp3) is 0.636. The van der Waals surface area contributed by atoms with Gasteiger partial charge in [0.05, 0.1) is 5.71 Å². The van der Waals surface area contributed by atoms with Crippen LogP contribution in [-0.4, -0.2) is 11.7 Å². The van der Waals surface area contributed by atoms with Gasteiger partial charge in [-0.05, 0) is 30.8 Å². The van der Waals surface area contributed by atoms with E-state index in [0.717, 1.165) is 12.1 Å². The summed E-state index contributed by atoms with van der Waals surface area (Å²) in [4.78, 5) is 10.6. The number of nitrogens with zero attached hydrogens (tertiary/aromatic N) is 1. The van der Waals surface area contributed by atoms with Crippen LogP contribution in [-0.2, 0) is 0 Å². The van der Waals surface area contributed by atoms with Crippen molar-refractivity contribution < 1.29 is 4.79 Å². The summed E-state index contributed by atoms with van der Waals surface area (Å²) in [6.45, 7) is 6.63. The molecule has 1 saturated carbocycles. The van der Waals surface area contributed by atoms with Crippen molar-refractivity contribution in [2.45, 2.75) is 27.2 Å². The van der Waals surface area contributed by atoms with Crippen LogP contribution in [0.2, 0.25) is 0 Å². The summed E-state index contributed by atoms with van der Waals surface area (Å²) in [5.74, 6) is 1.13. The second kappa shape index (κ2) is 3.08. The molecule has 4 nitrogen and oxygen atoms in total. The number of urea groups is 1. The van der Waals surface area contributed by atoms with Gasteiger partial charge in [0.25, 0.3) is 0 Å². The summed E-state index contributed by atoms with van der Waals surface area (Å²) in [7, 11) is 0. The van der Waals surface area contributed by atoms with Crippen LogP contribution in [0.15, 0.2) is 16.8 Å². The Balaban J connectivity index is 2.25. The SMILES string of the molecule is CC1=C/C(=N/NC(N)=O)[C@H]2C[C@H]1C2(C)C. The van der Waals surface area contributed by atoms with Crippen molar-refractivity contribution in [3.8, 4) is 0 Å². The van der Waals surface area contributed by atoms with Crippen molar-refractivity contribution in [1.82, 2.24) is 5.43 Å². The number of primary amides is 1. The van der Waals surface area contributed by atoms with Crippen LogP contribution in [0.1, 0.15) is 27.2 Å². The maximum absolute atomic E-state index is 10.6. The summed E-state index contributed by atoms with van der Waals surface area (Å²) < 4.78 is 0. The highest BCUT2D eigenvalue weighted by atomic mass is 16.2. The van der Waals surface area contributed by atoms with Crippen LogP contribution in [0, 0.1) is 17.3 Å². The van der Waals surface area contributed by atoms with Crippen molar-refractivity contribution in [3.63, 3.8) is 0 Å². The van der Waals surface area contributed by atoms with E-state index in [2.05, 4.69) is 37.4 Å². The lowest BCUT2D eigenvalue weighted by molar-refractivity contribution is 0.0467. The van der Waals surface area contributed by atoms with Gasteiger partial charge in [0.1, 0.15) is 0 Å². The summed E-state index contributed by atoms with van der Waals surface area (Å²) in [6.07, 6.45) is 3.22. The highest BCUT2D eigenvalue weighted by molar-refractivity contribution is 6.01. The Hall–Kier alpha value is -1.32. The molecule has 2 bridgehead atoms. The number of nitrogens with two attached hydrogens (primary N) is 1. The van der Waals surface area contributed by atoms with Crippen LogP contribution in [0.25, 0.3) is 0 Å². The number of allylic oxidation sites excluding steroid dienone is 2.